The Morgan fingerprint density at radius 2 is 2.00 bits per heavy atom. The van der Waals surface area contributed by atoms with Crippen LogP contribution in [0, 0.1) is 5.92 Å². The van der Waals surface area contributed by atoms with Gasteiger partial charge in [-0.2, -0.15) is 0 Å². The number of halogens is 1. The minimum absolute atomic E-state index is 0. The van der Waals surface area contributed by atoms with Gasteiger partial charge in [-0.25, -0.2) is 0 Å². The summed E-state index contributed by atoms with van der Waals surface area (Å²) < 4.78 is 4.93. The minimum Gasteiger partial charge on any atom is -0.466 e. The number of nitrogens with one attached hydrogen (secondary N) is 1. The summed E-state index contributed by atoms with van der Waals surface area (Å²) in [5.74, 6) is 1.76. The van der Waals surface area contributed by atoms with Crippen LogP contribution in [0.1, 0.15) is 65.7 Å². The van der Waals surface area contributed by atoms with Gasteiger partial charge < -0.3 is 15.0 Å². The van der Waals surface area contributed by atoms with Crippen molar-refractivity contribution in [2.45, 2.75) is 65.7 Å². The fourth-order valence-corrected chi connectivity index (χ4v) is 2.96. The summed E-state index contributed by atoms with van der Waals surface area (Å²) in [7, 11) is 0. The van der Waals surface area contributed by atoms with E-state index in [4.69, 9.17) is 9.73 Å². The smallest absolute Gasteiger partial charge is 0.305 e. The number of rotatable bonds is 9. The van der Waals surface area contributed by atoms with Gasteiger partial charge >= 0.3 is 5.97 Å². The van der Waals surface area contributed by atoms with E-state index in [1.807, 2.05) is 6.92 Å². The number of guanidine groups is 1. The van der Waals surface area contributed by atoms with Gasteiger partial charge in [-0.1, -0.05) is 19.8 Å². The Morgan fingerprint density at radius 3 is 2.67 bits per heavy atom. The van der Waals surface area contributed by atoms with Crippen LogP contribution in [0.5, 0.6) is 0 Å². The molecule has 0 spiro atoms. The van der Waals surface area contributed by atoms with E-state index in [-0.39, 0.29) is 29.9 Å². The van der Waals surface area contributed by atoms with Gasteiger partial charge in [0.05, 0.1) is 6.61 Å². The molecule has 0 aromatic carbocycles. The molecule has 0 saturated carbocycles. The molecule has 1 aliphatic rings. The predicted octanol–water partition coefficient (Wildman–Crippen LogP) is 3.82. The summed E-state index contributed by atoms with van der Waals surface area (Å²) in [4.78, 5) is 18.4. The standard InChI is InChI=1S/C18H35N3O2.HI/c1-4-19-18(21-14-10-11-16(3)15-21)20-13-9-7-6-8-12-17(22)23-5-2;/h16H,4-15H2,1-3H3,(H,19,20);1H. The first kappa shape index (κ1) is 23.5. The summed E-state index contributed by atoms with van der Waals surface area (Å²) in [6, 6.07) is 0. The van der Waals surface area contributed by atoms with Crippen LogP contribution in [0.2, 0.25) is 0 Å². The highest BCUT2D eigenvalue weighted by Gasteiger charge is 2.18. The predicted molar refractivity (Wildman–Crippen MR) is 111 cm³/mol. The van der Waals surface area contributed by atoms with E-state index in [2.05, 4.69) is 24.1 Å². The zero-order valence-electron chi connectivity index (χ0n) is 15.7. The van der Waals surface area contributed by atoms with Gasteiger partial charge in [-0.3, -0.25) is 9.79 Å². The molecule has 1 fully saturated rings. The number of piperidine rings is 1. The topological polar surface area (TPSA) is 53.9 Å². The molecule has 0 aromatic heterocycles. The van der Waals surface area contributed by atoms with Crippen molar-refractivity contribution in [3.05, 3.63) is 0 Å². The molecule has 1 aliphatic heterocycles. The van der Waals surface area contributed by atoms with Crippen LogP contribution in [-0.2, 0) is 9.53 Å². The second-order valence-corrected chi connectivity index (χ2v) is 6.40. The first-order valence-electron chi connectivity index (χ1n) is 9.36. The molecule has 142 valence electrons. The van der Waals surface area contributed by atoms with Crippen molar-refractivity contribution in [1.29, 1.82) is 0 Å². The summed E-state index contributed by atoms with van der Waals surface area (Å²) in [5, 5.41) is 3.42. The van der Waals surface area contributed by atoms with Crippen molar-refractivity contribution < 1.29 is 9.53 Å². The molecule has 0 aliphatic carbocycles. The van der Waals surface area contributed by atoms with Crippen LogP contribution in [0.3, 0.4) is 0 Å². The lowest BCUT2D eigenvalue weighted by molar-refractivity contribution is -0.143. The van der Waals surface area contributed by atoms with Crippen molar-refractivity contribution in [2.75, 3.05) is 32.8 Å². The van der Waals surface area contributed by atoms with Gasteiger partial charge in [0.15, 0.2) is 5.96 Å². The lowest BCUT2D eigenvalue weighted by Crippen LogP contribution is -2.46. The molecule has 0 bridgehead atoms. The zero-order chi connectivity index (χ0) is 16.9. The third kappa shape index (κ3) is 10.4. The average molecular weight is 453 g/mol. The second kappa shape index (κ2) is 14.8. The van der Waals surface area contributed by atoms with Gasteiger partial charge in [-0.05, 0) is 45.4 Å². The van der Waals surface area contributed by atoms with Crippen LogP contribution in [0.4, 0.5) is 0 Å². The fraction of sp³-hybridized carbons (Fsp3) is 0.889. The number of ether oxygens (including phenoxy) is 1. The van der Waals surface area contributed by atoms with Crippen molar-refractivity contribution in [3.8, 4) is 0 Å². The molecule has 24 heavy (non-hydrogen) atoms. The Kier molecular flexibility index (Phi) is 14.5. The molecule has 1 N–H and O–H groups in total. The highest BCUT2D eigenvalue weighted by Crippen LogP contribution is 2.15. The summed E-state index contributed by atoms with van der Waals surface area (Å²) >= 11 is 0. The maximum atomic E-state index is 11.2. The lowest BCUT2D eigenvalue weighted by Gasteiger charge is -2.33. The third-order valence-electron chi connectivity index (χ3n) is 4.15. The van der Waals surface area contributed by atoms with Gasteiger partial charge in [0, 0.05) is 32.6 Å². The monoisotopic (exact) mass is 453 g/mol. The minimum atomic E-state index is -0.0702. The largest absolute Gasteiger partial charge is 0.466 e. The highest BCUT2D eigenvalue weighted by atomic mass is 127. The molecule has 1 saturated heterocycles. The lowest BCUT2D eigenvalue weighted by atomic mass is 10.0. The Morgan fingerprint density at radius 1 is 1.25 bits per heavy atom. The number of carbonyl (C=O) groups is 1. The Bertz CT molecular complexity index is 364. The van der Waals surface area contributed by atoms with Crippen molar-refractivity contribution in [3.63, 3.8) is 0 Å². The molecule has 0 aromatic rings. The van der Waals surface area contributed by atoms with Crippen LogP contribution < -0.4 is 5.32 Å². The Hall–Kier alpha value is -0.530. The van der Waals surface area contributed by atoms with Crippen molar-refractivity contribution in [1.82, 2.24) is 10.2 Å². The molecule has 1 atom stereocenters. The van der Waals surface area contributed by atoms with Gasteiger partial charge in [0.2, 0.25) is 0 Å². The maximum Gasteiger partial charge on any atom is 0.305 e. The fourth-order valence-electron chi connectivity index (χ4n) is 2.96. The van der Waals surface area contributed by atoms with E-state index in [1.165, 1.54) is 12.8 Å². The first-order valence-corrected chi connectivity index (χ1v) is 9.36. The van der Waals surface area contributed by atoms with E-state index >= 15 is 0 Å². The van der Waals surface area contributed by atoms with E-state index < -0.39 is 0 Å². The summed E-state index contributed by atoms with van der Waals surface area (Å²) in [6.45, 7) is 10.8. The molecule has 1 heterocycles. The number of aliphatic imine (C=N–C) groups is 1. The summed E-state index contributed by atoms with van der Waals surface area (Å²) in [5.41, 5.74) is 0. The number of nitrogens with zero attached hydrogens (tertiary/aromatic N) is 2. The number of esters is 1. The van der Waals surface area contributed by atoms with Gasteiger partial charge in [0.1, 0.15) is 0 Å². The SMILES string of the molecule is CCNC(=NCCCCCCC(=O)OCC)N1CCCC(C)C1.I. The number of hydrogen-bond donors (Lipinski definition) is 1. The molecular weight excluding hydrogens is 417 g/mol. The quantitative estimate of drug-likeness (QED) is 0.190. The zero-order valence-corrected chi connectivity index (χ0v) is 18.0. The summed E-state index contributed by atoms with van der Waals surface area (Å²) in [6.07, 6.45) is 7.35. The molecule has 5 nitrogen and oxygen atoms in total. The molecule has 6 heteroatoms. The molecule has 0 radical (unpaired) electrons. The number of hydrogen-bond acceptors (Lipinski definition) is 3. The normalized spacial score (nSPS) is 18.0. The highest BCUT2D eigenvalue weighted by molar-refractivity contribution is 14.0. The third-order valence-corrected chi connectivity index (χ3v) is 4.15. The molecular formula is C18H36IN3O2. The van der Waals surface area contributed by atoms with E-state index in [9.17, 15) is 4.79 Å². The average Bonchev–Trinajstić information content (AvgIpc) is 2.53. The Balaban J connectivity index is 0.00000529. The van der Waals surface area contributed by atoms with Crippen LogP contribution in [-0.4, -0.2) is 49.6 Å². The van der Waals surface area contributed by atoms with Crippen molar-refractivity contribution in [2.24, 2.45) is 10.9 Å². The maximum absolute atomic E-state index is 11.2. The van der Waals surface area contributed by atoms with Gasteiger partial charge in [0.25, 0.3) is 0 Å². The Labute approximate surface area is 165 Å². The second-order valence-electron chi connectivity index (χ2n) is 6.40. The van der Waals surface area contributed by atoms with Crippen LogP contribution in [0.15, 0.2) is 4.99 Å². The van der Waals surface area contributed by atoms with Crippen LogP contribution >= 0.6 is 24.0 Å². The molecule has 1 unspecified atom stereocenters. The van der Waals surface area contributed by atoms with Crippen LogP contribution in [0.25, 0.3) is 0 Å². The number of unbranched alkanes of at least 4 members (excludes halogenated alkanes) is 3. The number of carbonyl (C=O) groups excluding carboxylic acids is 1. The number of likely N-dealkylation sites (tertiary alicyclic amines) is 1. The molecule has 0 amide bonds. The molecule has 1 rings (SSSR count). The van der Waals surface area contributed by atoms with E-state index in [0.29, 0.717) is 13.0 Å². The van der Waals surface area contributed by atoms with E-state index in [0.717, 1.165) is 63.7 Å². The van der Waals surface area contributed by atoms with E-state index in [1.54, 1.807) is 0 Å². The van der Waals surface area contributed by atoms with Crippen molar-refractivity contribution >= 4 is 35.9 Å². The van der Waals surface area contributed by atoms with Gasteiger partial charge in [-0.15, -0.1) is 24.0 Å². The first-order chi connectivity index (χ1) is 11.2.